The van der Waals surface area contributed by atoms with Gasteiger partial charge in [-0.1, -0.05) is 36.4 Å². The van der Waals surface area contributed by atoms with Crippen molar-refractivity contribution in [2.75, 3.05) is 13.1 Å². The summed E-state index contributed by atoms with van der Waals surface area (Å²) in [5, 5.41) is 13.6. The first-order chi connectivity index (χ1) is 15.9. The molecule has 3 heterocycles. The van der Waals surface area contributed by atoms with Crippen LogP contribution in [-0.2, 0) is 21.7 Å². The Morgan fingerprint density at radius 3 is 2.33 bits per heavy atom. The number of rotatable bonds is 4. The Balaban J connectivity index is 1.32. The van der Waals surface area contributed by atoms with Gasteiger partial charge in [-0.15, -0.1) is 0 Å². The lowest BCUT2D eigenvalue weighted by Crippen LogP contribution is -2.54. The molecule has 2 saturated heterocycles. The zero-order valence-corrected chi connectivity index (χ0v) is 18.1. The quantitative estimate of drug-likeness (QED) is 0.689. The van der Waals surface area contributed by atoms with Gasteiger partial charge < -0.3 is 5.11 Å². The van der Waals surface area contributed by atoms with Crippen molar-refractivity contribution in [3.63, 3.8) is 0 Å². The smallest absolute Gasteiger partial charge is 0.262 e. The van der Waals surface area contributed by atoms with Gasteiger partial charge in [-0.05, 0) is 42.5 Å². The summed E-state index contributed by atoms with van der Waals surface area (Å²) in [6.45, 7) is 2.23. The third-order valence-electron chi connectivity index (χ3n) is 6.91. The molecule has 2 N–H and O–H groups in total. The molecule has 0 saturated carbocycles. The molecule has 2 aromatic carbocycles. The molecule has 8 nitrogen and oxygen atoms in total. The monoisotopic (exact) mass is 447 g/mol. The van der Waals surface area contributed by atoms with Gasteiger partial charge in [-0.3, -0.25) is 34.3 Å². The number of fused-ring (bicyclic) bond motifs is 1. The van der Waals surface area contributed by atoms with Crippen LogP contribution in [0.15, 0.2) is 48.5 Å². The molecule has 8 heteroatoms. The van der Waals surface area contributed by atoms with Gasteiger partial charge in [0, 0.05) is 26.1 Å². The van der Waals surface area contributed by atoms with E-state index in [0.717, 1.165) is 11.4 Å². The van der Waals surface area contributed by atoms with Crippen molar-refractivity contribution in [3.05, 3.63) is 70.8 Å². The molecule has 0 spiro atoms. The van der Waals surface area contributed by atoms with E-state index in [1.165, 1.54) is 5.56 Å². The molecular formula is C25H25N3O5. The summed E-state index contributed by atoms with van der Waals surface area (Å²) in [4.78, 5) is 52.9. The van der Waals surface area contributed by atoms with Crippen LogP contribution in [0.3, 0.4) is 0 Å². The number of nitrogens with zero attached hydrogens (tertiary/aromatic N) is 2. The van der Waals surface area contributed by atoms with Gasteiger partial charge in [0.25, 0.3) is 11.8 Å². The first kappa shape index (κ1) is 21.5. The van der Waals surface area contributed by atoms with Crippen molar-refractivity contribution >= 4 is 23.6 Å². The van der Waals surface area contributed by atoms with E-state index < -0.39 is 35.3 Å². The number of carbonyl (C=O) groups is 4. The van der Waals surface area contributed by atoms with Gasteiger partial charge >= 0.3 is 0 Å². The Kier molecular flexibility index (Phi) is 5.34. The van der Waals surface area contributed by atoms with Crippen molar-refractivity contribution in [1.82, 2.24) is 15.1 Å². The van der Waals surface area contributed by atoms with Crippen LogP contribution in [0.5, 0.6) is 0 Å². The second-order valence-electron chi connectivity index (χ2n) is 9.00. The van der Waals surface area contributed by atoms with E-state index in [9.17, 15) is 24.3 Å². The van der Waals surface area contributed by atoms with Crippen LogP contribution >= 0.6 is 0 Å². The predicted octanol–water partition coefficient (Wildman–Crippen LogP) is 1.57. The molecule has 3 aliphatic heterocycles. The molecule has 0 aromatic heterocycles. The number of piperidine rings is 2. The fourth-order valence-electron chi connectivity index (χ4n) is 4.97. The molecule has 2 aromatic rings. The highest BCUT2D eigenvalue weighted by Crippen LogP contribution is 2.36. The molecule has 0 bridgehead atoms. The summed E-state index contributed by atoms with van der Waals surface area (Å²) in [6, 6.07) is 14.0. The number of benzene rings is 2. The van der Waals surface area contributed by atoms with Gasteiger partial charge in [-0.25, -0.2) is 0 Å². The maximum Gasteiger partial charge on any atom is 0.262 e. The summed E-state index contributed by atoms with van der Waals surface area (Å²) in [5.74, 6) is -2.14. The molecule has 4 amide bonds. The fraction of sp³-hybridized carbons (Fsp3) is 0.360. The third-order valence-corrected chi connectivity index (χ3v) is 6.91. The first-order valence-electron chi connectivity index (χ1n) is 11.2. The van der Waals surface area contributed by atoms with Crippen molar-refractivity contribution in [2.24, 2.45) is 0 Å². The highest BCUT2D eigenvalue weighted by molar-refractivity contribution is 6.23. The fourth-order valence-corrected chi connectivity index (χ4v) is 4.97. The Labute approximate surface area is 191 Å². The van der Waals surface area contributed by atoms with Gasteiger partial charge in [0.15, 0.2) is 0 Å². The minimum absolute atomic E-state index is 0.0777. The van der Waals surface area contributed by atoms with Gasteiger partial charge in [0.05, 0.1) is 16.7 Å². The normalized spacial score (nSPS) is 22.9. The van der Waals surface area contributed by atoms with Gasteiger partial charge in [-0.2, -0.15) is 0 Å². The van der Waals surface area contributed by atoms with Crippen molar-refractivity contribution in [3.8, 4) is 0 Å². The summed E-state index contributed by atoms with van der Waals surface area (Å²) in [5.41, 5.74) is 1.15. The number of hydrogen-bond donors (Lipinski definition) is 2. The van der Waals surface area contributed by atoms with E-state index in [4.69, 9.17) is 0 Å². The molecule has 2 fully saturated rings. The summed E-state index contributed by atoms with van der Waals surface area (Å²) in [7, 11) is 0. The SMILES string of the molecule is O=C1CCC(N2C(=O)c3ccc(C4(O)CCN(Cc5ccccc5)CC4)cc3C2=O)C(=O)N1. The highest BCUT2D eigenvalue weighted by Gasteiger charge is 2.45. The van der Waals surface area contributed by atoms with Crippen molar-refractivity contribution < 1.29 is 24.3 Å². The molecule has 3 aliphatic rings. The molecule has 33 heavy (non-hydrogen) atoms. The average molecular weight is 447 g/mol. The maximum atomic E-state index is 13.1. The predicted molar refractivity (Wildman–Crippen MR) is 118 cm³/mol. The largest absolute Gasteiger partial charge is 0.385 e. The molecule has 1 atom stereocenters. The number of hydrogen-bond acceptors (Lipinski definition) is 6. The second kappa shape index (κ2) is 8.20. The zero-order chi connectivity index (χ0) is 23.2. The lowest BCUT2D eigenvalue weighted by molar-refractivity contribution is -0.136. The van der Waals surface area contributed by atoms with E-state index in [1.807, 2.05) is 18.2 Å². The molecule has 0 aliphatic carbocycles. The highest BCUT2D eigenvalue weighted by atomic mass is 16.3. The van der Waals surface area contributed by atoms with E-state index >= 15 is 0 Å². The molecular weight excluding hydrogens is 422 g/mol. The Morgan fingerprint density at radius 1 is 0.939 bits per heavy atom. The van der Waals surface area contributed by atoms with E-state index in [0.29, 0.717) is 31.5 Å². The Morgan fingerprint density at radius 2 is 1.64 bits per heavy atom. The molecule has 5 rings (SSSR count). The van der Waals surface area contributed by atoms with Gasteiger partial charge in [0.2, 0.25) is 11.8 Å². The second-order valence-corrected chi connectivity index (χ2v) is 9.00. The standard InChI is InChI=1S/C25H25N3O5/c29-21-9-8-20(22(30)26-21)28-23(31)18-7-6-17(14-19(18)24(28)32)25(33)10-12-27(13-11-25)15-16-4-2-1-3-5-16/h1-7,14,20,33H,8-13,15H2,(H,26,29,30). The van der Waals surface area contributed by atoms with Crippen LogP contribution in [0.4, 0.5) is 0 Å². The molecule has 1 unspecified atom stereocenters. The number of carbonyl (C=O) groups excluding carboxylic acids is 4. The summed E-state index contributed by atoms with van der Waals surface area (Å²) < 4.78 is 0. The maximum absolute atomic E-state index is 13.1. The topological polar surface area (TPSA) is 107 Å². The average Bonchev–Trinajstić information content (AvgIpc) is 3.06. The van der Waals surface area contributed by atoms with Crippen LogP contribution in [0.1, 0.15) is 57.5 Å². The third kappa shape index (κ3) is 3.85. The number of nitrogens with one attached hydrogen (secondary N) is 1. The Hall–Kier alpha value is -3.36. The van der Waals surface area contributed by atoms with Gasteiger partial charge in [0.1, 0.15) is 6.04 Å². The van der Waals surface area contributed by atoms with Crippen molar-refractivity contribution in [1.29, 1.82) is 0 Å². The molecule has 170 valence electrons. The lowest BCUT2D eigenvalue weighted by atomic mass is 9.83. The minimum atomic E-state index is -1.09. The lowest BCUT2D eigenvalue weighted by Gasteiger charge is -2.38. The van der Waals surface area contributed by atoms with E-state index in [-0.39, 0.29) is 24.0 Å². The summed E-state index contributed by atoms with van der Waals surface area (Å²) in [6.07, 6.45) is 1.22. The van der Waals surface area contributed by atoms with E-state index in [2.05, 4.69) is 22.3 Å². The van der Waals surface area contributed by atoms with Crippen LogP contribution in [-0.4, -0.2) is 57.7 Å². The number of amides is 4. The minimum Gasteiger partial charge on any atom is -0.385 e. The Bertz CT molecular complexity index is 1140. The summed E-state index contributed by atoms with van der Waals surface area (Å²) >= 11 is 0. The van der Waals surface area contributed by atoms with Crippen LogP contribution in [0.25, 0.3) is 0 Å². The first-order valence-corrected chi connectivity index (χ1v) is 11.2. The molecule has 0 radical (unpaired) electrons. The zero-order valence-electron chi connectivity index (χ0n) is 18.1. The number of imide groups is 2. The van der Waals surface area contributed by atoms with Crippen LogP contribution in [0.2, 0.25) is 0 Å². The van der Waals surface area contributed by atoms with E-state index in [1.54, 1.807) is 18.2 Å². The number of aliphatic hydroxyl groups is 1. The van der Waals surface area contributed by atoms with Crippen LogP contribution < -0.4 is 5.32 Å². The number of likely N-dealkylation sites (tertiary alicyclic amines) is 1. The van der Waals surface area contributed by atoms with Crippen LogP contribution in [0, 0.1) is 0 Å². The van der Waals surface area contributed by atoms with Crippen molar-refractivity contribution in [2.45, 2.75) is 43.9 Å².